The van der Waals surface area contributed by atoms with Gasteiger partial charge in [-0.25, -0.2) is 0 Å². The van der Waals surface area contributed by atoms with Crippen molar-refractivity contribution < 1.29 is 4.39 Å². The Kier molecular flexibility index (Phi) is 7.71. The summed E-state index contributed by atoms with van der Waals surface area (Å²) in [5.74, 6) is 0. The summed E-state index contributed by atoms with van der Waals surface area (Å²) in [6.45, 7) is -0.218. The van der Waals surface area contributed by atoms with Crippen LogP contribution in [0.3, 0.4) is 0 Å². The Bertz CT molecular complexity index is 101. The fraction of sp³-hybridized carbons (Fsp3) is 1.00. The van der Waals surface area contributed by atoms with Crippen LogP contribution in [0.1, 0.15) is 38.5 Å². The van der Waals surface area contributed by atoms with Gasteiger partial charge >= 0.3 is 0 Å². The van der Waals surface area contributed by atoms with Gasteiger partial charge in [-0.05, 0) is 19.3 Å². The van der Waals surface area contributed by atoms with Crippen LogP contribution in [-0.2, 0) is 0 Å². The molecule has 0 radical (unpaired) electrons. The van der Waals surface area contributed by atoms with Crippen LogP contribution in [0.15, 0.2) is 0 Å². The standard InChI is InChI=1S/C8H14Cl3F/c9-8(10,11)6-4-2-1-3-5-7-12/h1-7H2. The molecular formula is C8H14Cl3F. The Hall–Kier alpha value is 0.800. The van der Waals surface area contributed by atoms with Crippen molar-refractivity contribution in [2.24, 2.45) is 0 Å². The number of halogens is 4. The van der Waals surface area contributed by atoms with Gasteiger partial charge in [0.05, 0.1) is 6.67 Å². The largest absolute Gasteiger partial charge is 0.251 e. The Morgan fingerprint density at radius 3 is 1.83 bits per heavy atom. The zero-order valence-corrected chi connectivity index (χ0v) is 9.23. The third kappa shape index (κ3) is 10.8. The van der Waals surface area contributed by atoms with Crippen molar-refractivity contribution >= 4 is 34.8 Å². The molecule has 0 rings (SSSR count). The van der Waals surface area contributed by atoms with Crippen LogP contribution in [-0.4, -0.2) is 10.5 Å². The van der Waals surface area contributed by atoms with Crippen molar-refractivity contribution in [3.8, 4) is 0 Å². The van der Waals surface area contributed by atoms with Gasteiger partial charge in [-0.3, -0.25) is 4.39 Å². The normalized spacial score (nSPS) is 12.0. The maximum atomic E-state index is 11.6. The Balaban J connectivity index is 3.01. The quantitative estimate of drug-likeness (QED) is 0.464. The number of alkyl halides is 4. The van der Waals surface area contributed by atoms with Crippen LogP contribution in [0.2, 0.25) is 0 Å². The summed E-state index contributed by atoms with van der Waals surface area (Å²) in [4.78, 5) is 0. The SMILES string of the molecule is FCCCCCCCC(Cl)(Cl)Cl. The first-order chi connectivity index (χ1) is 5.56. The number of unbranched alkanes of at least 4 members (excludes halogenated alkanes) is 4. The molecule has 0 aromatic heterocycles. The molecule has 0 heterocycles. The average Bonchev–Trinajstić information content (AvgIpc) is 1.94. The Morgan fingerprint density at radius 2 is 1.33 bits per heavy atom. The summed E-state index contributed by atoms with van der Waals surface area (Å²) in [5, 5.41) is 0. The predicted octanol–water partition coefficient (Wildman–Crippen LogP) is 4.67. The molecule has 0 saturated carbocycles. The van der Waals surface area contributed by atoms with Crippen molar-refractivity contribution in [3.05, 3.63) is 0 Å². The second kappa shape index (κ2) is 7.23. The second-order valence-corrected chi connectivity index (χ2v) is 5.34. The zero-order chi connectivity index (χ0) is 9.45. The average molecular weight is 236 g/mol. The van der Waals surface area contributed by atoms with E-state index in [1.807, 2.05) is 0 Å². The zero-order valence-electron chi connectivity index (χ0n) is 6.96. The van der Waals surface area contributed by atoms with Gasteiger partial charge in [0, 0.05) is 0 Å². The Labute approximate surface area is 88.4 Å². The molecule has 0 atom stereocenters. The first-order valence-electron chi connectivity index (χ1n) is 4.19. The van der Waals surface area contributed by atoms with E-state index in [1.54, 1.807) is 0 Å². The lowest BCUT2D eigenvalue weighted by Crippen LogP contribution is -2.00. The molecule has 12 heavy (non-hydrogen) atoms. The molecule has 0 N–H and O–H groups in total. The summed E-state index contributed by atoms with van der Waals surface area (Å²) in [7, 11) is 0. The van der Waals surface area contributed by atoms with Gasteiger partial charge in [0.1, 0.15) is 0 Å². The van der Waals surface area contributed by atoms with E-state index in [1.165, 1.54) is 0 Å². The topological polar surface area (TPSA) is 0 Å². The van der Waals surface area contributed by atoms with Crippen LogP contribution < -0.4 is 0 Å². The van der Waals surface area contributed by atoms with Gasteiger partial charge in [-0.15, -0.1) is 0 Å². The summed E-state index contributed by atoms with van der Waals surface area (Å²) < 4.78 is 10.5. The number of hydrogen-bond acceptors (Lipinski definition) is 0. The molecule has 4 heteroatoms. The molecule has 0 bridgehead atoms. The minimum Gasteiger partial charge on any atom is -0.251 e. The van der Waals surface area contributed by atoms with E-state index in [2.05, 4.69) is 0 Å². The van der Waals surface area contributed by atoms with Crippen molar-refractivity contribution in [1.82, 2.24) is 0 Å². The predicted molar refractivity (Wildman–Crippen MR) is 54.0 cm³/mol. The van der Waals surface area contributed by atoms with Crippen LogP contribution in [0.25, 0.3) is 0 Å². The Morgan fingerprint density at radius 1 is 0.833 bits per heavy atom. The van der Waals surface area contributed by atoms with E-state index in [4.69, 9.17) is 34.8 Å². The van der Waals surface area contributed by atoms with Crippen LogP contribution in [0.5, 0.6) is 0 Å². The van der Waals surface area contributed by atoms with Gasteiger partial charge in [-0.2, -0.15) is 0 Å². The van der Waals surface area contributed by atoms with Gasteiger partial charge in [0.15, 0.2) is 3.79 Å². The highest BCUT2D eigenvalue weighted by Gasteiger charge is 2.17. The van der Waals surface area contributed by atoms with E-state index < -0.39 is 3.79 Å². The lowest BCUT2D eigenvalue weighted by molar-refractivity contribution is 0.450. The minimum absolute atomic E-state index is 0.218. The molecular weight excluding hydrogens is 221 g/mol. The second-order valence-electron chi connectivity index (χ2n) is 2.82. The number of hydrogen-bond donors (Lipinski definition) is 0. The van der Waals surface area contributed by atoms with Crippen LogP contribution >= 0.6 is 34.8 Å². The van der Waals surface area contributed by atoms with Crippen molar-refractivity contribution in [3.63, 3.8) is 0 Å². The fourth-order valence-corrected chi connectivity index (χ4v) is 1.35. The maximum Gasteiger partial charge on any atom is 0.190 e. The molecule has 0 fully saturated rings. The van der Waals surface area contributed by atoms with E-state index in [0.717, 1.165) is 25.7 Å². The highest BCUT2D eigenvalue weighted by Crippen LogP contribution is 2.32. The van der Waals surface area contributed by atoms with Crippen molar-refractivity contribution in [2.45, 2.75) is 42.3 Å². The summed E-state index contributed by atoms with van der Waals surface area (Å²) in [6, 6.07) is 0. The molecule has 0 aromatic carbocycles. The molecule has 74 valence electrons. The summed E-state index contributed by atoms with van der Waals surface area (Å²) >= 11 is 16.6. The molecule has 0 saturated heterocycles. The van der Waals surface area contributed by atoms with E-state index in [-0.39, 0.29) is 6.67 Å². The first-order valence-corrected chi connectivity index (χ1v) is 5.32. The lowest BCUT2D eigenvalue weighted by Gasteiger charge is -2.09. The lowest BCUT2D eigenvalue weighted by atomic mass is 10.1. The third-order valence-electron chi connectivity index (χ3n) is 1.59. The minimum atomic E-state index is -1.11. The maximum absolute atomic E-state index is 11.6. The van der Waals surface area contributed by atoms with Crippen molar-refractivity contribution in [1.29, 1.82) is 0 Å². The molecule has 0 aliphatic heterocycles. The monoisotopic (exact) mass is 234 g/mol. The molecule has 0 amide bonds. The number of rotatable bonds is 6. The van der Waals surface area contributed by atoms with Gasteiger partial charge in [0.2, 0.25) is 0 Å². The van der Waals surface area contributed by atoms with Gasteiger partial charge in [0.25, 0.3) is 0 Å². The van der Waals surface area contributed by atoms with E-state index >= 15 is 0 Å². The highest BCUT2D eigenvalue weighted by molar-refractivity contribution is 6.67. The summed E-state index contributed by atoms with van der Waals surface area (Å²) in [6.07, 6.45) is 5.15. The molecule has 0 aromatic rings. The third-order valence-corrected chi connectivity index (χ3v) is 2.16. The van der Waals surface area contributed by atoms with Crippen LogP contribution in [0.4, 0.5) is 4.39 Å². The molecule has 0 nitrogen and oxygen atoms in total. The smallest absolute Gasteiger partial charge is 0.190 e. The van der Waals surface area contributed by atoms with Crippen LogP contribution in [0, 0.1) is 0 Å². The van der Waals surface area contributed by atoms with Crippen molar-refractivity contribution in [2.75, 3.05) is 6.67 Å². The fourth-order valence-electron chi connectivity index (χ4n) is 0.950. The first kappa shape index (κ1) is 12.8. The molecule has 0 unspecified atom stereocenters. The van der Waals surface area contributed by atoms with E-state index in [0.29, 0.717) is 12.8 Å². The highest BCUT2D eigenvalue weighted by atomic mass is 35.6. The van der Waals surface area contributed by atoms with Gasteiger partial charge < -0.3 is 0 Å². The summed E-state index contributed by atoms with van der Waals surface area (Å²) in [5.41, 5.74) is 0. The van der Waals surface area contributed by atoms with Gasteiger partial charge in [-0.1, -0.05) is 54.1 Å². The molecule has 0 spiro atoms. The van der Waals surface area contributed by atoms with E-state index in [9.17, 15) is 4.39 Å². The molecule has 0 aliphatic rings. The molecule has 0 aliphatic carbocycles.